The Hall–Kier alpha value is -6.40. The zero-order valence-corrected chi connectivity index (χ0v) is 37.0. The Bertz CT molecular complexity index is 1890. The van der Waals surface area contributed by atoms with E-state index in [0.717, 1.165) is 11.8 Å². The fourth-order valence-corrected chi connectivity index (χ4v) is 7.27. The van der Waals surface area contributed by atoms with E-state index in [4.69, 9.17) is 17.2 Å². The van der Waals surface area contributed by atoms with Crippen molar-refractivity contribution in [1.29, 1.82) is 0 Å². The Balaban J connectivity index is 2.15. The van der Waals surface area contributed by atoms with Crippen LogP contribution in [0.4, 0.5) is 0 Å². The summed E-state index contributed by atoms with van der Waals surface area (Å²) in [5.74, 6) is -9.45. The van der Waals surface area contributed by atoms with E-state index in [1.54, 1.807) is 44.2 Å². The van der Waals surface area contributed by atoms with E-state index in [1.807, 2.05) is 0 Å². The first-order chi connectivity index (χ1) is 30.6. The number of carbonyl (C=O) groups excluding carboxylic acids is 9. The largest absolute Gasteiger partial charge is 0.394 e. The number of nitrogens with one attached hydrogen (secondary N) is 7. The number of fused-ring (bicyclic) bond motifs is 1. The van der Waals surface area contributed by atoms with Gasteiger partial charge in [-0.05, 0) is 57.4 Å². The Morgan fingerprint density at radius 1 is 0.692 bits per heavy atom. The maximum atomic E-state index is 14.2. The molecule has 16 N–H and O–H groups in total. The molecule has 65 heavy (non-hydrogen) atoms. The third kappa shape index (κ3) is 16.3. The molecule has 2 fully saturated rings. The maximum Gasteiger partial charge on any atom is 0.248 e. The first kappa shape index (κ1) is 52.9. The van der Waals surface area contributed by atoms with E-state index in [2.05, 4.69) is 42.2 Å². The molecule has 24 nitrogen and oxygen atoms in total. The van der Waals surface area contributed by atoms with Gasteiger partial charge in [0.1, 0.15) is 48.3 Å². The third-order valence-corrected chi connectivity index (χ3v) is 10.6. The van der Waals surface area contributed by atoms with Crippen molar-refractivity contribution in [3.05, 3.63) is 35.9 Å². The number of hydrogen-bond donors (Lipinski definition) is 13. The van der Waals surface area contributed by atoms with Gasteiger partial charge in [0.15, 0.2) is 5.96 Å². The van der Waals surface area contributed by atoms with Gasteiger partial charge in [-0.2, -0.15) is 0 Å². The lowest BCUT2D eigenvalue weighted by Gasteiger charge is -2.32. The topological polar surface area (TPSA) is 392 Å². The molecule has 9 amide bonds. The van der Waals surface area contributed by atoms with E-state index < -0.39 is 127 Å². The number of benzene rings is 1. The molecule has 0 aromatic heterocycles. The van der Waals surface area contributed by atoms with E-state index >= 15 is 0 Å². The molecule has 2 saturated heterocycles. The molecule has 1 aromatic carbocycles. The predicted molar refractivity (Wildman–Crippen MR) is 232 cm³/mol. The molecule has 10 atom stereocenters. The van der Waals surface area contributed by atoms with Crippen molar-refractivity contribution in [1.82, 2.24) is 42.1 Å². The van der Waals surface area contributed by atoms with Gasteiger partial charge < -0.3 is 74.6 Å². The van der Waals surface area contributed by atoms with Crippen LogP contribution in [0.3, 0.4) is 0 Å². The Morgan fingerprint density at radius 3 is 1.80 bits per heavy atom. The van der Waals surface area contributed by atoms with Crippen LogP contribution in [0.15, 0.2) is 35.3 Å². The number of hydrogen-bond acceptors (Lipinski definition) is 13. The van der Waals surface area contributed by atoms with Crippen LogP contribution >= 0.6 is 0 Å². The molecular formula is C41H64N12O12. The lowest BCUT2D eigenvalue weighted by Crippen LogP contribution is -2.63. The summed E-state index contributed by atoms with van der Waals surface area (Å²) < 4.78 is 0. The fraction of sp³-hybridized carbons (Fsp3) is 0.610. The second kappa shape index (κ2) is 25.2. The van der Waals surface area contributed by atoms with Gasteiger partial charge in [0.25, 0.3) is 0 Å². The van der Waals surface area contributed by atoms with Gasteiger partial charge in [0.05, 0.1) is 25.2 Å². The highest BCUT2D eigenvalue weighted by Gasteiger charge is 2.42. The second-order valence-electron chi connectivity index (χ2n) is 16.6. The normalized spacial score (nSPS) is 26.7. The van der Waals surface area contributed by atoms with Crippen LogP contribution in [0.25, 0.3) is 0 Å². The van der Waals surface area contributed by atoms with E-state index in [9.17, 15) is 58.5 Å². The van der Waals surface area contributed by atoms with Gasteiger partial charge in [-0.25, -0.2) is 0 Å². The molecular weight excluding hydrogens is 853 g/mol. The van der Waals surface area contributed by atoms with Crippen LogP contribution in [0.1, 0.15) is 71.8 Å². The minimum atomic E-state index is -1.87. The van der Waals surface area contributed by atoms with Crippen LogP contribution in [0.5, 0.6) is 0 Å². The summed E-state index contributed by atoms with van der Waals surface area (Å²) in [5, 5.41) is 48.7. The van der Waals surface area contributed by atoms with E-state index in [0.29, 0.717) is 12.0 Å². The Kier molecular flexibility index (Phi) is 20.5. The summed E-state index contributed by atoms with van der Waals surface area (Å²) in [6, 6.07) is -4.21. The van der Waals surface area contributed by atoms with Gasteiger partial charge in [-0.3, -0.25) is 48.1 Å². The van der Waals surface area contributed by atoms with Crippen molar-refractivity contribution in [2.45, 2.75) is 133 Å². The number of carbonyl (C=O) groups is 9. The number of guanidine groups is 1. The smallest absolute Gasteiger partial charge is 0.248 e. The number of nitrogens with zero attached hydrogens (tertiary/aromatic N) is 2. The quantitative estimate of drug-likeness (QED) is 0.0499. The van der Waals surface area contributed by atoms with Gasteiger partial charge in [0, 0.05) is 19.5 Å². The average molecular weight is 917 g/mol. The molecule has 2 aliphatic heterocycles. The molecule has 0 saturated carbocycles. The summed E-state index contributed by atoms with van der Waals surface area (Å²) in [6.45, 7) is 4.83. The molecule has 2 heterocycles. The summed E-state index contributed by atoms with van der Waals surface area (Å²) in [7, 11) is 0. The number of aliphatic hydroxyl groups excluding tert-OH is 3. The lowest BCUT2D eigenvalue weighted by atomic mass is 10.0. The zero-order chi connectivity index (χ0) is 48.5. The number of nitrogens with two attached hydrogens (primary N) is 3. The summed E-state index contributed by atoms with van der Waals surface area (Å²) in [4.78, 5) is 128. The second-order valence-corrected chi connectivity index (χ2v) is 16.6. The molecule has 0 spiro atoms. The van der Waals surface area contributed by atoms with Crippen molar-refractivity contribution < 1.29 is 58.5 Å². The molecule has 2 aliphatic rings. The lowest BCUT2D eigenvalue weighted by molar-refractivity contribution is -0.145. The summed E-state index contributed by atoms with van der Waals surface area (Å²) in [5.41, 5.74) is 16.9. The van der Waals surface area contributed by atoms with Gasteiger partial charge >= 0.3 is 0 Å². The van der Waals surface area contributed by atoms with Crippen molar-refractivity contribution in [3.63, 3.8) is 0 Å². The minimum absolute atomic E-state index is 0.0174. The molecule has 360 valence electrons. The Labute approximate surface area is 376 Å². The first-order valence-corrected chi connectivity index (χ1v) is 21.4. The van der Waals surface area contributed by atoms with Crippen molar-refractivity contribution in [2.24, 2.45) is 28.1 Å². The number of aliphatic hydroxyl groups is 3. The molecule has 3 rings (SSSR count). The van der Waals surface area contributed by atoms with Gasteiger partial charge in [0.2, 0.25) is 53.2 Å². The van der Waals surface area contributed by atoms with E-state index in [1.165, 1.54) is 6.92 Å². The number of aliphatic imine (C=N–C) groups is 1. The van der Waals surface area contributed by atoms with Crippen LogP contribution in [0, 0.1) is 5.92 Å². The van der Waals surface area contributed by atoms with Gasteiger partial charge in [-0.15, -0.1) is 0 Å². The zero-order valence-electron chi connectivity index (χ0n) is 37.0. The molecule has 0 radical (unpaired) electrons. The van der Waals surface area contributed by atoms with Crippen LogP contribution in [0.2, 0.25) is 0 Å². The van der Waals surface area contributed by atoms with Crippen LogP contribution in [-0.2, 0) is 49.6 Å². The van der Waals surface area contributed by atoms with Crippen LogP contribution in [-0.4, -0.2) is 160 Å². The fourth-order valence-electron chi connectivity index (χ4n) is 7.27. The first-order valence-electron chi connectivity index (χ1n) is 21.4. The SMILES string of the molecule is CC(C)C[C@@H]1NC(=O)[C@H](CCCN=C(N)N)NC(=O)[C@@H]2CCCN2C(=O)[C@H]([C@@H](C)O)NC(=O)[C@H](Cc2ccccc2)NC(=O)[C@H](CO)NC(=O)[C@H]([C@@H](C)O)NC(=O)[C@H](CC(N)=O)NC1=O. The Morgan fingerprint density at radius 2 is 1.22 bits per heavy atom. The standard InChI is InChI=1S/C41H64N12O12/c1-20(2)16-25-34(59)49-27(18-30(42)57)36(61)51-31(21(3)55)39(64)50-28(19-54)37(62)48-26(17-23-10-6-5-7-11-23)35(60)52-32(22(4)56)40(65)53-15-9-13-29(53)38(63)46-24(33(58)47-25)12-8-14-45-41(43)44/h5-7,10-11,20-22,24-29,31-32,54-56H,8-9,12-19H2,1-4H3,(H2,42,57)(H,46,63)(H,47,58)(H,48,62)(H,49,59)(H,50,64)(H,51,61)(H,52,60)(H4,43,44,45)/t21-,22-,24+,25+,26+,27+,28+,29+,31+,32+/m1/s1. The highest BCUT2D eigenvalue weighted by Crippen LogP contribution is 2.21. The van der Waals surface area contributed by atoms with Gasteiger partial charge in [-0.1, -0.05) is 44.2 Å². The molecule has 0 bridgehead atoms. The van der Waals surface area contributed by atoms with E-state index in [-0.39, 0.29) is 57.1 Å². The monoisotopic (exact) mass is 916 g/mol. The molecule has 24 heteroatoms. The maximum absolute atomic E-state index is 14.2. The number of amides is 9. The number of rotatable bonds is 13. The van der Waals surface area contributed by atoms with Crippen LogP contribution < -0.4 is 54.4 Å². The highest BCUT2D eigenvalue weighted by molar-refractivity contribution is 6.00. The van der Waals surface area contributed by atoms with Crippen molar-refractivity contribution in [3.8, 4) is 0 Å². The molecule has 1 aromatic rings. The van der Waals surface area contributed by atoms with Crippen molar-refractivity contribution in [2.75, 3.05) is 19.7 Å². The third-order valence-electron chi connectivity index (χ3n) is 10.6. The summed E-state index contributed by atoms with van der Waals surface area (Å²) in [6.07, 6.45) is -3.72. The summed E-state index contributed by atoms with van der Waals surface area (Å²) >= 11 is 0. The average Bonchev–Trinajstić information content (AvgIpc) is 3.73. The molecule has 0 aliphatic carbocycles. The minimum Gasteiger partial charge on any atom is -0.394 e. The molecule has 0 unspecified atom stereocenters. The predicted octanol–water partition coefficient (Wildman–Crippen LogP) is -5.64. The highest BCUT2D eigenvalue weighted by atomic mass is 16.3. The van der Waals surface area contributed by atoms with Crippen molar-refractivity contribution >= 4 is 59.1 Å². The number of primary amides is 1.